The van der Waals surface area contributed by atoms with Gasteiger partial charge in [0.1, 0.15) is 5.82 Å². The molecule has 1 aromatic rings. The average molecular weight is 345 g/mol. The van der Waals surface area contributed by atoms with Crippen LogP contribution >= 0.6 is 0 Å². The summed E-state index contributed by atoms with van der Waals surface area (Å²) in [6.07, 6.45) is 1.39. The fourth-order valence-corrected chi connectivity index (χ4v) is 2.87. The van der Waals surface area contributed by atoms with Crippen LogP contribution in [-0.2, 0) is 24.2 Å². The van der Waals surface area contributed by atoms with E-state index in [2.05, 4.69) is 5.32 Å². The second-order valence-electron chi connectivity index (χ2n) is 4.89. The predicted octanol–water partition coefficient (Wildman–Crippen LogP) is 1.45. The third-order valence-electron chi connectivity index (χ3n) is 2.96. The Balaban J connectivity index is 2.37. The summed E-state index contributed by atoms with van der Waals surface area (Å²) < 4.78 is 41.4. The molecule has 0 saturated heterocycles. The number of amides is 1. The maximum Gasteiger partial charge on any atom is 0.307 e. The largest absolute Gasteiger partial charge is 0.456 e. The lowest BCUT2D eigenvalue weighted by atomic mass is 10.3. The molecule has 0 fully saturated rings. The summed E-state index contributed by atoms with van der Waals surface area (Å²) in [5, 5.41) is 2.57. The summed E-state index contributed by atoms with van der Waals surface area (Å²) >= 11 is 0. The van der Waals surface area contributed by atoms with Crippen molar-refractivity contribution in [3.63, 3.8) is 0 Å². The molecule has 1 rings (SSSR count). The van der Waals surface area contributed by atoms with Gasteiger partial charge in [-0.1, -0.05) is 13.3 Å². The molecule has 0 aromatic heterocycles. The second kappa shape index (κ2) is 9.24. The fourth-order valence-electron chi connectivity index (χ4n) is 1.65. The third-order valence-corrected chi connectivity index (χ3v) is 4.70. The van der Waals surface area contributed by atoms with E-state index >= 15 is 0 Å². The van der Waals surface area contributed by atoms with Gasteiger partial charge in [0.2, 0.25) is 0 Å². The molecule has 0 bridgehead atoms. The van der Waals surface area contributed by atoms with Gasteiger partial charge in [0, 0.05) is 6.54 Å². The van der Waals surface area contributed by atoms with Crippen molar-refractivity contribution in [3.8, 4) is 0 Å². The van der Waals surface area contributed by atoms with Crippen LogP contribution in [0.5, 0.6) is 0 Å². The Morgan fingerprint density at radius 2 is 1.87 bits per heavy atom. The molecule has 1 amide bonds. The van der Waals surface area contributed by atoms with E-state index in [1.165, 1.54) is 0 Å². The Morgan fingerprint density at radius 3 is 2.48 bits per heavy atom. The molecule has 0 radical (unpaired) electrons. The number of carbonyl (C=O) groups is 2. The molecule has 0 unspecified atom stereocenters. The van der Waals surface area contributed by atoms with E-state index in [-0.39, 0.29) is 11.3 Å². The van der Waals surface area contributed by atoms with E-state index in [1.807, 2.05) is 6.92 Å². The van der Waals surface area contributed by atoms with E-state index in [0.717, 1.165) is 37.1 Å². The SMILES string of the molecule is CCCCNC(=O)COC(=O)CCS(=O)(=O)c1ccc(F)cc1. The zero-order valence-electron chi connectivity index (χ0n) is 12.9. The molecular formula is C15H20FNO5S. The first-order valence-electron chi connectivity index (χ1n) is 7.26. The molecule has 0 atom stereocenters. The number of hydrogen-bond donors (Lipinski definition) is 1. The third kappa shape index (κ3) is 7.23. The van der Waals surface area contributed by atoms with Crippen LogP contribution < -0.4 is 5.32 Å². The number of hydrogen-bond acceptors (Lipinski definition) is 5. The summed E-state index contributed by atoms with van der Waals surface area (Å²) in [4.78, 5) is 22.8. The topological polar surface area (TPSA) is 89.5 Å². The lowest BCUT2D eigenvalue weighted by Gasteiger charge is -2.07. The van der Waals surface area contributed by atoms with Gasteiger partial charge in [0.05, 0.1) is 17.1 Å². The zero-order chi connectivity index (χ0) is 17.3. The maximum absolute atomic E-state index is 12.8. The summed E-state index contributed by atoms with van der Waals surface area (Å²) in [5.74, 6) is -2.21. The molecule has 0 spiro atoms. The molecule has 0 heterocycles. The molecule has 1 N–H and O–H groups in total. The van der Waals surface area contributed by atoms with Gasteiger partial charge >= 0.3 is 5.97 Å². The first-order valence-corrected chi connectivity index (χ1v) is 8.91. The van der Waals surface area contributed by atoms with Gasteiger partial charge in [-0.3, -0.25) is 9.59 Å². The van der Waals surface area contributed by atoms with Gasteiger partial charge in [0.25, 0.3) is 5.91 Å². The van der Waals surface area contributed by atoms with Crippen LogP contribution in [0, 0.1) is 5.82 Å². The average Bonchev–Trinajstić information content (AvgIpc) is 2.52. The number of ether oxygens (including phenoxy) is 1. The van der Waals surface area contributed by atoms with Gasteiger partial charge in [0.15, 0.2) is 16.4 Å². The summed E-state index contributed by atoms with van der Waals surface area (Å²) in [6, 6.07) is 4.34. The summed E-state index contributed by atoms with van der Waals surface area (Å²) in [5.41, 5.74) is 0. The van der Waals surface area contributed by atoms with E-state index in [0.29, 0.717) is 6.54 Å². The first kappa shape index (κ1) is 19.1. The fraction of sp³-hybridized carbons (Fsp3) is 0.467. The van der Waals surface area contributed by atoms with Gasteiger partial charge in [-0.25, -0.2) is 12.8 Å². The second-order valence-corrected chi connectivity index (χ2v) is 7.00. The van der Waals surface area contributed by atoms with Gasteiger partial charge in [-0.15, -0.1) is 0 Å². The molecule has 0 aliphatic carbocycles. The van der Waals surface area contributed by atoms with E-state index < -0.39 is 39.9 Å². The van der Waals surface area contributed by atoms with E-state index in [4.69, 9.17) is 4.74 Å². The van der Waals surface area contributed by atoms with Gasteiger partial charge in [-0.05, 0) is 30.7 Å². The zero-order valence-corrected chi connectivity index (χ0v) is 13.7. The van der Waals surface area contributed by atoms with Crippen LogP contribution in [0.1, 0.15) is 26.2 Å². The van der Waals surface area contributed by atoms with Gasteiger partial charge in [-0.2, -0.15) is 0 Å². The number of sulfone groups is 1. The summed E-state index contributed by atoms with van der Waals surface area (Å²) in [6.45, 7) is 2.05. The highest BCUT2D eigenvalue weighted by molar-refractivity contribution is 7.91. The molecule has 0 aliphatic heterocycles. The van der Waals surface area contributed by atoms with Crippen molar-refractivity contribution < 1.29 is 27.1 Å². The van der Waals surface area contributed by atoms with Crippen LogP contribution in [0.4, 0.5) is 4.39 Å². The predicted molar refractivity (Wildman–Crippen MR) is 81.9 cm³/mol. The van der Waals surface area contributed by atoms with Crippen LogP contribution in [0.3, 0.4) is 0 Å². The maximum atomic E-state index is 12.8. The quantitative estimate of drug-likeness (QED) is 0.416. The van der Waals surface area contributed by atoms with E-state index in [9.17, 15) is 22.4 Å². The highest BCUT2D eigenvalue weighted by Gasteiger charge is 2.17. The molecule has 128 valence electrons. The van der Waals surface area contributed by atoms with E-state index in [1.54, 1.807) is 0 Å². The van der Waals surface area contributed by atoms with Crippen molar-refractivity contribution in [1.82, 2.24) is 5.32 Å². The molecule has 6 nitrogen and oxygen atoms in total. The van der Waals surface area contributed by atoms with Crippen LogP contribution in [0.15, 0.2) is 29.2 Å². The molecular weight excluding hydrogens is 325 g/mol. The molecule has 0 saturated carbocycles. The number of nitrogens with one attached hydrogen (secondary N) is 1. The number of rotatable bonds is 9. The number of halogens is 1. The normalized spacial score (nSPS) is 11.0. The van der Waals surface area contributed by atoms with Crippen LogP contribution in [0.25, 0.3) is 0 Å². The lowest BCUT2D eigenvalue weighted by molar-refractivity contribution is -0.148. The van der Waals surface area contributed by atoms with Crippen LogP contribution in [-0.4, -0.2) is 39.2 Å². The number of benzene rings is 1. The molecule has 23 heavy (non-hydrogen) atoms. The first-order chi connectivity index (χ1) is 10.8. The minimum Gasteiger partial charge on any atom is -0.456 e. The smallest absolute Gasteiger partial charge is 0.307 e. The van der Waals surface area contributed by atoms with Crippen molar-refractivity contribution in [1.29, 1.82) is 0 Å². The lowest BCUT2D eigenvalue weighted by Crippen LogP contribution is -2.29. The highest BCUT2D eigenvalue weighted by atomic mass is 32.2. The van der Waals surface area contributed by atoms with Crippen molar-refractivity contribution in [2.45, 2.75) is 31.1 Å². The molecule has 0 aliphatic rings. The minimum absolute atomic E-state index is 0.0657. The number of carbonyl (C=O) groups excluding carboxylic acids is 2. The highest BCUT2D eigenvalue weighted by Crippen LogP contribution is 2.13. The standard InChI is InChI=1S/C15H20FNO5S/c1-2-3-9-17-14(18)11-22-15(19)8-10-23(20,21)13-6-4-12(16)5-7-13/h4-7H,2-3,8-11H2,1H3,(H,17,18). The Kier molecular flexibility index (Phi) is 7.67. The summed E-state index contributed by atoms with van der Waals surface area (Å²) in [7, 11) is -3.70. The Hall–Kier alpha value is -1.96. The Labute approximate surface area is 134 Å². The van der Waals surface area contributed by atoms with Crippen molar-refractivity contribution in [2.24, 2.45) is 0 Å². The van der Waals surface area contributed by atoms with Crippen molar-refractivity contribution in [3.05, 3.63) is 30.1 Å². The number of unbranched alkanes of at least 4 members (excludes halogenated alkanes) is 1. The molecule has 1 aromatic carbocycles. The van der Waals surface area contributed by atoms with Crippen LogP contribution in [0.2, 0.25) is 0 Å². The molecule has 8 heteroatoms. The minimum atomic E-state index is -3.70. The Morgan fingerprint density at radius 1 is 1.22 bits per heavy atom. The monoisotopic (exact) mass is 345 g/mol. The Bertz CT molecular complexity index is 628. The van der Waals surface area contributed by atoms with Crippen molar-refractivity contribution >= 4 is 21.7 Å². The number of esters is 1. The van der Waals surface area contributed by atoms with Gasteiger partial charge < -0.3 is 10.1 Å². The van der Waals surface area contributed by atoms with Crippen molar-refractivity contribution in [2.75, 3.05) is 18.9 Å².